The first kappa shape index (κ1) is 29.1. The van der Waals surface area contributed by atoms with Crippen LogP contribution in [0.1, 0.15) is 45.5 Å². The molecule has 1 aliphatic carbocycles. The van der Waals surface area contributed by atoms with Gasteiger partial charge in [-0.1, -0.05) is 35.9 Å². The number of nitrogens with one attached hydrogen (secondary N) is 2. The Morgan fingerprint density at radius 1 is 1.10 bits per heavy atom. The molecule has 5 rings (SSSR count). The minimum atomic E-state index is -1.06. The van der Waals surface area contributed by atoms with E-state index in [2.05, 4.69) is 16.9 Å². The fraction of sp³-hybridized carbons (Fsp3) is 0.258. The van der Waals surface area contributed by atoms with Gasteiger partial charge in [0, 0.05) is 23.5 Å². The third-order valence-electron chi connectivity index (χ3n) is 7.54. The van der Waals surface area contributed by atoms with Gasteiger partial charge in [-0.15, -0.1) is 0 Å². The molecule has 1 spiro atoms. The van der Waals surface area contributed by atoms with E-state index in [0.717, 1.165) is 29.4 Å². The summed E-state index contributed by atoms with van der Waals surface area (Å²) < 4.78 is 19.2. The SMILES string of the molecule is COc1cc(C(=O)N2CC[C@]3(C=C(NOCC(=O)O)CC3)Cc3ccccc32)ccc1NC(=O)c1cc(F)ccc1Cl. The van der Waals surface area contributed by atoms with Crippen LogP contribution in [0, 0.1) is 11.2 Å². The standard InChI is InChI=1S/C31H29ClFN3O6/c1-41-27-14-19(6-9-25(27)34-29(39)23-15-21(33)7-8-24(23)32)30(40)36-13-12-31(16-20-4-2-3-5-26(20)36)11-10-22(17-31)35-42-18-28(37)38/h2-9,14-15,17,35H,10-13,16,18H2,1H3,(H,34,39)(H,37,38)/t31-/m0/s1. The summed E-state index contributed by atoms with van der Waals surface area (Å²) in [6.45, 7) is 0.00835. The maximum atomic E-state index is 13.9. The van der Waals surface area contributed by atoms with Crippen LogP contribution in [0.4, 0.5) is 15.8 Å². The molecule has 0 bridgehead atoms. The highest BCUT2D eigenvalue weighted by Crippen LogP contribution is 2.45. The third-order valence-corrected chi connectivity index (χ3v) is 7.87. The lowest BCUT2D eigenvalue weighted by atomic mass is 9.79. The largest absolute Gasteiger partial charge is 0.495 e. The molecule has 9 nitrogen and oxygen atoms in total. The number of hydrogen-bond donors (Lipinski definition) is 3. The number of carboxylic acids is 1. The Morgan fingerprint density at radius 3 is 2.69 bits per heavy atom. The highest BCUT2D eigenvalue weighted by Gasteiger charge is 2.38. The number of halogens is 2. The molecule has 3 N–H and O–H groups in total. The van der Waals surface area contributed by atoms with Gasteiger partial charge >= 0.3 is 5.97 Å². The number of para-hydroxylation sites is 1. The predicted molar refractivity (Wildman–Crippen MR) is 155 cm³/mol. The van der Waals surface area contributed by atoms with Gasteiger partial charge < -0.3 is 20.1 Å². The van der Waals surface area contributed by atoms with Crippen molar-refractivity contribution in [2.45, 2.75) is 25.7 Å². The zero-order chi connectivity index (χ0) is 29.9. The van der Waals surface area contributed by atoms with Gasteiger partial charge in [0.1, 0.15) is 11.6 Å². The number of carboxylic acid groups (broad SMARTS) is 1. The second kappa shape index (κ2) is 12.2. The average Bonchev–Trinajstić information content (AvgIpc) is 3.29. The van der Waals surface area contributed by atoms with Crippen LogP contribution >= 0.6 is 11.6 Å². The Balaban J connectivity index is 1.37. The number of fused-ring (bicyclic) bond motifs is 1. The first-order valence-electron chi connectivity index (χ1n) is 13.3. The van der Waals surface area contributed by atoms with E-state index >= 15 is 0 Å². The fourth-order valence-corrected chi connectivity index (χ4v) is 5.71. The topological polar surface area (TPSA) is 117 Å². The van der Waals surface area contributed by atoms with Crippen molar-refractivity contribution in [3.63, 3.8) is 0 Å². The Kier molecular flexibility index (Phi) is 8.46. The van der Waals surface area contributed by atoms with E-state index in [4.69, 9.17) is 26.3 Å². The molecule has 42 heavy (non-hydrogen) atoms. The smallest absolute Gasteiger partial charge is 0.332 e. The first-order valence-corrected chi connectivity index (χ1v) is 13.7. The number of allylic oxidation sites excluding steroid dienone is 2. The van der Waals surface area contributed by atoms with Gasteiger partial charge in [-0.05, 0) is 79.1 Å². The molecule has 3 aromatic rings. The summed E-state index contributed by atoms with van der Waals surface area (Å²) in [6.07, 6.45) is 5.05. The zero-order valence-electron chi connectivity index (χ0n) is 22.8. The van der Waals surface area contributed by atoms with Crippen LogP contribution in [0.5, 0.6) is 5.75 Å². The molecule has 1 atom stereocenters. The number of amides is 2. The van der Waals surface area contributed by atoms with E-state index in [0.29, 0.717) is 37.1 Å². The second-order valence-corrected chi connectivity index (χ2v) is 10.7. The molecule has 0 saturated heterocycles. The van der Waals surface area contributed by atoms with E-state index in [1.807, 2.05) is 24.3 Å². The normalized spacial score (nSPS) is 17.7. The number of anilines is 2. The predicted octanol–water partition coefficient (Wildman–Crippen LogP) is 5.60. The summed E-state index contributed by atoms with van der Waals surface area (Å²) >= 11 is 6.08. The summed E-state index contributed by atoms with van der Waals surface area (Å²) in [7, 11) is 1.43. The highest BCUT2D eigenvalue weighted by molar-refractivity contribution is 6.34. The molecule has 0 aromatic heterocycles. The van der Waals surface area contributed by atoms with Gasteiger partial charge in [0.2, 0.25) is 0 Å². The molecule has 2 amide bonds. The highest BCUT2D eigenvalue weighted by atomic mass is 35.5. The third kappa shape index (κ3) is 6.24. The Labute approximate surface area is 246 Å². The van der Waals surface area contributed by atoms with Crippen molar-refractivity contribution in [1.29, 1.82) is 0 Å². The quantitative estimate of drug-likeness (QED) is 0.291. The van der Waals surface area contributed by atoms with Crippen LogP contribution < -0.4 is 20.4 Å². The second-order valence-electron chi connectivity index (χ2n) is 10.3. The Bertz CT molecular complexity index is 1580. The minimum Gasteiger partial charge on any atom is -0.495 e. The van der Waals surface area contributed by atoms with E-state index < -0.39 is 24.3 Å². The van der Waals surface area contributed by atoms with Crippen LogP contribution in [0.25, 0.3) is 0 Å². The number of carbonyl (C=O) groups is 3. The van der Waals surface area contributed by atoms with Crippen LogP contribution in [0.15, 0.2) is 72.4 Å². The van der Waals surface area contributed by atoms with Gasteiger partial charge in [0.25, 0.3) is 11.8 Å². The van der Waals surface area contributed by atoms with Gasteiger partial charge in [-0.2, -0.15) is 0 Å². The molecule has 1 aliphatic heterocycles. The molecule has 0 saturated carbocycles. The molecule has 11 heteroatoms. The molecular weight excluding hydrogens is 565 g/mol. The van der Waals surface area contributed by atoms with E-state index in [9.17, 15) is 18.8 Å². The molecule has 218 valence electrons. The number of hydrogen-bond acceptors (Lipinski definition) is 6. The van der Waals surface area contributed by atoms with E-state index in [1.54, 1.807) is 23.1 Å². The van der Waals surface area contributed by atoms with Crippen molar-refractivity contribution < 1.29 is 33.5 Å². The van der Waals surface area contributed by atoms with Crippen LogP contribution in [-0.2, 0) is 16.1 Å². The van der Waals surface area contributed by atoms with Crippen LogP contribution in [0.3, 0.4) is 0 Å². The number of hydroxylamine groups is 1. The molecule has 0 radical (unpaired) electrons. The average molecular weight is 594 g/mol. The maximum Gasteiger partial charge on any atom is 0.332 e. The lowest BCUT2D eigenvalue weighted by Gasteiger charge is -2.26. The minimum absolute atomic E-state index is 0.0262. The van der Waals surface area contributed by atoms with Crippen molar-refractivity contribution in [2.75, 3.05) is 30.5 Å². The number of methoxy groups -OCH3 is 1. The summed E-state index contributed by atoms with van der Waals surface area (Å²) in [6, 6.07) is 16.0. The molecule has 3 aromatic carbocycles. The van der Waals surface area contributed by atoms with Crippen molar-refractivity contribution in [3.8, 4) is 5.75 Å². The van der Waals surface area contributed by atoms with Crippen molar-refractivity contribution >= 4 is 40.8 Å². The summed E-state index contributed by atoms with van der Waals surface area (Å²) in [5.41, 5.74) is 5.86. The summed E-state index contributed by atoms with van der Waals surface area (Å²) in [5.74, 6) is -2.23. The van der Waals surface area contributed by atoms with Crippen molar-refractivity contribution in [3.05, 3.63) is 100.0 Å². The van der Waals surface area contributed by atoms with Gasteiger partial charge in [-0.3, -0.25) is 19.9 Å². The van der Waals surface area contributed by atoms with E-state index in [1.165, 1.54) is 19.2 Å². The lowest BCUT2D eigenvalue weighted by molar-refractivity contribution is -0.144. The Morgan fingerprint density at radius 2 is 1.90 bits per heavy atom. The molecule has 1 heterocycles. The number of nitrogens with zero attached hydrogens (tertiary/aromatic N) is 1. The first-order chi connectivity index (χ1) is 20.2. The van der Waals surface area contributed by atoms with Crippen LogP contribution in [0.2, 0.25) is 5.02 Å². The maximum absolute atomic E-state index is 13.9. The molecule has 2 aliphatic rings. The van der Waals surface area contributed by atoms with Gasteiger partial charge in [0.15, 0.2) is 6.61 Å². The number of benzene rings is 3. The van der Waals surface area contributed by atoms with Crippen LogP contribution in [-0.4, -0.2) is 43.2 Å². The monoisotopic (exact) mass is 593 g/mol. The number of carbonyl (C=O) groups excluding carboxylic acids is 2. The number of ether oxygens (including phenoxy) is 1. The summed E-state index contributed by atoms with van der Waals surface area (Å²) in [5, 5.41) is 11.6. The van der Waals surface area contributed by atoms with E-state index in [-0.39, 0.29) is 27.7 Å². The molecule has 0 unspecified atom stereocenters. The molecular formula is C31H29ClFN3O6. The zero-order valence-corrected chi connectivity index (χ0v) is 23.5. The fourth-order valence-electron chi connectivity index (χ4n) is 5.51. The number of aliphatic carboxylic acids is 1. The molecule has 0 fully saturated rings. The Hall–Kier alpha value is -4.41. The van der Waals surface area contributed by atoms with Gasteiger partial charge in [-0.25, -0.2) is 9.18 Å². The van der Waals surface area contributed by atoms with Gasteiger partial charge in [0.05, 0.1) is 23.4 Å². The van der Waals surface area contributed by atoms with Crippen molar-refractivity contribution in [2.24, 2.45) is 5.41 Å². The number of rotatable bonds is 8. The van der Waals surface area contributed by atoms with Crippen molar-refractivity contribution in [1.82, 2.24) is 5.48 Å². The lowest BCUT2D eigenvalue weighted by Crippen LogP contribution is -2.33. The summed E-state index contributed by atoms with van der Waals surface area (Å²) in [4.78, 5) is 44.3.